The van der Waals surface area contributed by atoms with Crippen LogP contribution in [-0.2, 0) is 4.79 Å². The summed E-state index contributed by atoms with van der Waals surface area (Å²) in [5.74, 6) is 0.827. The number of carbonyl (C=O) groups is 1. The zero-order valence-electron chi connectivity index (χ0n) is 11.4. The molecule has 104 valence electrons. The van der Waals surface area contributed by atoms with Crippen molar-refractivity contribution in [3.8, 4) is 0 Å². The van der Waals surface area contributed by atoms with E-state index in [2.05, 4.69) is 17.1 Å². The lowest BCUT2D eigenvalue weighted by Crippen LogP contribution is -2.36. The minimum absolute atomic E-state index is 0.0700. The third-order valence-corrected chi connectivity index (χ3v) is 3.78. The standard InChI is InChI=1S/C15H21ClN2O/c1-12-3-2-9-18(11-12)10-8-15(19)17-14-6-4-13(16)5-7-14/h4-7,12H,2-3,8-11H2,1H3,(H,17,19)/t12-/m0/s1. The summed E-state index contributed by atoms with van der Waals surface area (Å²) in [5.41, 5.74) is 0.807. The lowest BCUT2D eigenvalue weighted by atomic mass is 10.0. The van der Waals surface area contributed by atoms with Crippen molar-refractivity contribution in [2.24, 2.45) is 5.92 Å². The highest BCUT2D eigenvalue weighted by atomic mass is 35.5. The molecule has 1 N–H and O–H groups in total. The summed E-state index contributed by atoms with van der Waals surface area (Å²) in [6.07, 6.45) is 3.11. The lowest BCUT2D eigenvalue weighted by Gasteiger charge is -2.30. The highest BCUT2D eigenvalue weighted by molar-refractivity contribution is 6.30. The summed E-state index contributed by atoms with van der Waals surface area (Å²) in [7, 11) is 0. The molecule has 1 aromatic carbocycles. The number of nitrogens with zero attached hydrogens (tertiary/aromatic N) is 1. The minimum Gasteiger partial charge on any atom is -0.326 e. The van der Waals surface area contributed by atoms with Gasteiger partial charge in [0, 0.05) is 30.2 Å². The number of benzene rings is 1. The van der Waals surface area contributed by atoms with Gasteiger partial charge in [-0.15, -0.1) is 0 Å². The number of likely N-dealkylation sites (tertiary alicyclic amines) is 1. The quantitative estimate of drug-likeness (QED) is 0.917. The molecule has 1 atom stereocenters. The van der Waals surface area contributed by atoms with Crippen LogP contribution in [0.5, 0.6) is 0 Å². The van der Waals surface area contributed by atoms with E-state index >= 15 is 0 Å². The molecule has 0 aromatic heterocycles. The Morgan fingerprint density at radius 1 is 1.42 bits per heavy atom. The topological polar surface area (TPSA) is 32.3 Å². The largest absolute Gasteiger partial charge is 0.326 e. The van der Waals surface area contributed by atoms with Crippen molar-refractivity contribution in [3.63, 3.8) is 0 Å². The first-order valence-electron chi connectivity index (χ1n) is 6.91. The van der Waals surface area contributed by atoms with E-state index in [9.17, 15) is 4.79 Å². The third kappa shape index (κ3) is 4.84. The molecule has 0 spiro atoms. The Morgan fingerprint density at radius 2 is 2.16 bits per heavy atom. The molecule has 1 saturated heterocycles. The molecule has 1 fully saturated rings. The molecule has 1 aliphatic heterocycles. The maximum absolute atomic E-state index is 11.9. The molecule has 0 unspecified atom stereocenters. The average molecular weight is 281 g/mol. The first kappa shape index (κ1) is 14.4. The van der Waals surface area contributed by atoms with Crippen molar-refractivity contribution in [3.05, 3.63) is 29.3 Å². The summed E-state index contributed by atoms with van der Waals surface area (Å²) in [6.45, 7) is 5.37. The fourth-order valence-corrected chi connectivity index (χ4v) is 2.63. The highest BCUT2D eigenvalue weighted by Crippen LogP contribution is 2.16. The van der Waals surface area contributed by atoms with Gasteiger partial charge in [0.15, 0.2) is 0 Å². The third-order valence-electron chi connectivity index (χ3n) is 3.52. The van der Waals surface area contributed by atoms with E-state index in [1.165, 1.54) is 12.8 Å². The number of amides is 1. The first-order valence-corrected chi connectivity index (χ1v) is 7.29. The van der Waals surface area contributed by atoms with Gasteiger partial charge in [-0.05, 0) is 49.6 Å². The summed E-state index contributed by atoms with van der Waals surface area (Å²) < 4.78 is 0. The molecular weight excluding hydrogens is 260 g/mol. The van der Waals surface area contributed by atoms with Crippen molar-refractivity contribution >= 4 is 23.2 Å². The van der Waals surface area contributed by atoms with Gasteiger partial charge >= 0.3 is 0 Å². The molecule has 0 saturated carbocycles. The molecule has 2 rings (SSSR count). The van der Waals surface area contributed by atoms with Gasteiger partial charge in [-0.1, -0.05) is 18.5 Å². The molecule has 1 aliphatic rings. The van der Waals surface area contributed by atoms with Crippen molar-refractivity contribution in [2.45, 2.75) is 26.2 Å². The van der Waals surface area contributed by atoms with Gasteiger partial charge in [-0.2, -0.15) is 0 Å². The Kier molecular flexibility index (Phi) is 5.23. The molecule has 0 aliphatic carbocycles. The van der Waals surface area contributed by atoms with E-state index in [1.54, 1.807) is 12.1 Å². The van der Waals surface area contributed by atoms with Crippen molar-refractivity contribution in [1.29, 1.82) is 0 Å². The number of carbonyl (C=O) groups excluding carboxylic acids is 1. The van der Waals surface area contributed by atoms with Crippen LogP contribution in [0.25, 0.3) is 0 Å². The smallest absolute Gasteiger partial charge is 0.225 e. The van der Waals surface area contributed by atoms with Crippen LogP contribution in [0.2, 0.25) is 5.02 Å². The van der Waals surface area contributed by atoms with Crippen LogP contribution >= 0.6 is 11.6 Å². The van der Waals surface area contributed by atoms with Gasteiger partial charge in [0.2, 0.25) is 5.91 Å². The van der Waals surface area contributed by atoms with Crippen LogP contribution in [0.3, 0.4) is 0 Å². The average Bonchev–Trinajstić information content (AvgIpc) is 2.39. The number of rotatable bonds is 4. The number of anilines is 1. The van der Waals surface area contributed by atoms with Gasteiger partial charge in [-0.25, -0.2) is 0 Å². The van der Waals surface area contributed by atoms with E-state index in [1.807, 2.05) is 12.1 Å². The molecule has 0 radical (unpaired) electrons. The van der Waals surface area contributed by atoms with Crippen LogP contribution in [0.15, 0.2) is 24.3 Å². The Hall–Kier alpha value is -1.06. The highest BCUT2D eigenvalue weighted by Gasteiger charge is 2.16. The molecular formula is C15H21ClN2O. The van der Waals surface area contributed by atoms with Gasteiger partial charge in [0.05, 0.1) is 0 Å². The first-order chi connectivity index (χ1) is 9.13. The molecule has 0 bridgehead atoms. The second-order valence-electron chi connectivity index (χ2n) is 5.35. The number of nitrogens with one attached hydrogen (secondary N) is 1. The maximum Gasteiger partial charge on any atom is 0.225 e. The zero-order chi connectivity index (χ0) is 13.7. The van der Waals surface area contributed by atoms with Gasteiger partial charge < -0.3 is 10.2 Å². The van der Waals surface area contributed by atoms with Crippen LogP contribution in [0.1, 0.15) is 26.2 Å². The minimum atomic E-state index is 0.0700. The second-order valence-corrected chi connectivity index (χ2v) is 5.79. The summed E-state index contributed by atoms with van der Waals surface area (Å²) in [5, 5.41) is 3.58. The van der Waals surface area contributed by atoms with Crippen molar-refractivity contribution < 1.29 is 4.79 Å². The van der Waals surface area contributed by atoms with Crippen LogP contribution in [-0.4, -0.2) is 30.4 Å². The van der Waals surface area contributed by atoms with Crippen LogP contribution < -0.4 is 5.32 Å². The maximum atomic E-state index is 11.9. The summed E-state index contributed by atoms with van der Waals surface area (Å²) in [4.78, 5) is 14.2. The van der Waals surface area contributed by atoms with E-state index in [-0.39, 0.29) is 5.91 Å². The van der Waals surface area contributed by atoms with Gasteiger partial charge in [-0.3, -0.25) is 4.79 Å². The molecule has 4 heteroatoms. The zero-order valence-corrected chi connectivity index (χ0v) is 12.1. The second kappa shape index (κ2) is 6.92. The molecule has 1 amide bonds. The fraction of sp³-hybridized carbons (Fsp3) is 0.533. The lowest BCUT2D eigenvalue weighted by molar-refractivity contribution is -0.116. The molecule has 1 aromatic rings. The monoisotopic (exact) mass is 280 g/mol. The number of piperidine rings is 1. The predicted molar refractivity (Wildman–Crippen MR) is 79.5 cm³/mol. The number of halogens is 1. The van der Waals surface area contributed by atoms with E-state index in [0.717, 1.165) is 31.2 Å². The Bertz CT molecular complexity index is 419. The van der Waals surface area contributed by atoms with E-state index in [0.29, 0.717) is 11.4 Å². The van der Waals surface area contributed by atoms with E-state index in [4.69, 9.17) is 11.6 Å². The molecule has 1 heterocycles. The van der Waals surface area contributed by atoms with Crippen molar-refractivity contribution in [1.82, 2.24) is 4.90 Å². The Balaban J connectivity index is 1.73. The van der Waals surface area contributed by atoms with Gasteiger partial charge in [0.25, 0.3) is 0 Å². The summed E-state index contributed by atoms with van der Waals surface area (Å²) >= 11 is 5.81. The van der Waals surface area contributed by atoms with Crippen LogP contribution in [0, 0.1) is 5.92 Å². The number of hydrogen-bond acceptors (Lipinski definition) is 2. The fourth-order valence-electron chi connectivity index (χ4n) is 2.51. The summed E-state index contributed by atoms with van der Waals surface area (Å²) in [6, 6.07) is 7.21. The van der Waals surface area contributed by atoms with Crippen LogP contribution in [0.4, 0.5) is 5.69 Å². The predicted octanol–water partition coefficient (Wildman–Crippen LogP) is 3.40. The molecule has 3 nitrogen and oxygen atoms in total. The van der Waals surface area contributed by atoms with Gasteiger partial charge in [0.1, 0.15) is 0 Å². The van der Waals surface area contributed by atoms with Crippen molar-refractivity contribution in [2.75, 3.05) is 25.0 Å². The SMILES string of the molecule is C[C@H]1CCCN(CCC(=O)Nc2ccc(Cl)cc2)C1. The normalized spacial score (nSPS) is 20.2. The Morgan fingerprint density at radius 3 is 2.84 bits per heavy atom. The molecule has 19 heavy (non-hydrogen) atoms. The van der Waals surface area contributed by atoms with E-state index < -0.39 is 0 Å². The number of hydrogen-bond donors (Lipinski definition) is 1. The Labute approximate surface area is 119 Å².